The topological polar surface area (TPSA) is 41.9 Å². The Balaban J connectivity index is 2.31. The quantitative estimate of drug-likeness (QED) is 0.631. The minimum absolute atomic E-state index is 0.544. The normalized spacial score (nSPS) is 17.1. The van der Waals surface area contributed by atoms with Crippen LogP contribution < -0.4 is 4.90 Å². The van der Waals surface area contributed by atoms with E-state index in [4.69, 9.17) is 0 Å². The summed E-state index contributed by atoms with van der Waals surface area (Å²) in [6.45, 7) is 5.57. The molecular formula is C13H13F3N2O2S. The largest absolute Gasteiger partial charge is 0.437 e. The first kappa shape index (κ1) is 15.6. The highest BCUT2D eigenvalue weighted by Gasteiger charge is 2.45. The molecule has 21 heavy (non-hydrogen) atoms. The predicted octanol–water partition coefficient (Wildman–Crippen LogP) is 3.45. The van der Waals surface area contributed by atoms with Crippen molar-refractivity contribution >= 4 is 34.1 Å². The minimum atomic E-state index is -4.71. The molecule has 0 saturated heterocycles. The van der Waals surface area contributed by atoms with E-state index in [0.717, 1.165) is 18.1 Å². The summed E-state index contributed by atoms with van der Waals surface area (Å²) in [4.78, 5) is 18.1. The van der Waals surface area contributed by atoms with Gasteiger partial charge in [0.15, 0.2) is 5.71 Å². The highest BCUT2D eigenvalue weighted by Crippen LogP contribution is 2.32. The first-order valence-electron chi connectivity index (χ1n) is 6.30. The molecule has 0 spiro atoms. The Bertz CT molecular complexity index is 601. The number of nitrogens with zero attached hydrogens (tertiary/aromatic N) is 2. The second kappa shape index (κ2) is 5.88. The van der Waals surface area contributed by atoms with Crippen LogP contribution in [0.1, 0.15) is 18.7 Å². The van der Waals surface area contributed by atoms with E-state index in [0.29, 0.717) is 4.88 Å². The van der Waals surface area contributed by atoms with Gasteiger partial charge in [0, 0.05) is 18.0 Å². The van der Waals surface area contributed by atoms with E-state index in [-0.39, 0.29) is 0 Å². The molecular weight excluding hydrogens is 305 g/mol. The Morgan fingerprint density at radius 2 is 2.00 bits per heavy atom. The third-order valence-corrected chi connectivity index (χ3v) is 4.03. The van der Waals surface area contributed by atoms with Crippen LogP contribution in [-0.4, -0.2) is 30.9 Å². The molecule has 1 aliphatic rings. The fourth-order valence-corrected chi connectivity index (χ4v) is 2.96. The summed E-state index contributed by atoms with van der Waals surface area (Å²) in [5, 5.41) is 3.74. The zero-order valence-corrected chi connectivity index (χ0v) is 12.2. The van der Waals surface area contributed by atoms with Crippen LogP contribution in [0.3, 0.4) is 0 Å². The maximum absolute atomic E-state index is 12.7. The third-order valence-electron chi connectivity index (χ3n) is 2.94. The zero-order chi connectivity index (χ0) is 15.6. The van der Waals surface area contributed by atoms with Gasteiger partial charge in [-0.1, -0.05) is 5.16 Å². The number of hydrogen-bond donors (Lipinski definition) is 0. The highest BCUT2D eigenvalue weighted by atomic mass is 32.1. The number of anilines is 1. The van der Waals surface area contributed by atoms with E-state index in [1.807, 2.05) is 19.9 Å². The average Bonchev–Trinajstić information content (AvgIpc) is 2.99. The van der Waals surface area contributed by atoms with Crippen LogP contribution in [0.4, 0.5) is 18.2 Å². The molecule has 0 N–H and O–H groups in total. The van der Waals surface area contributed by atoms with Crippen LogP contribution in [-0.2, 0) is 9.63 Å². The molecule has 0 fully saturated rings. The van der Waals surface area contributed by atoms with Gasteiger partial charge in [0.1, 0.15) is 0 Å². The van der Waals surface area contributed by atoms with Crippen molar-refractivity contribution in [1.29, 1.82) is 0 Å². The van der Waals surface area contributed by atoms with Crippen molar-refractivity contribution in [1.82, 2.24) is 0 Å². The average molecular weight is 318 g/mol. The summed E-state index contributed by atoms with van der Waals surface area (Å²) >= 11 is 1.31. The standard InChI is InChI=1S/C13H13F3N2O2S/c1-3-18(4-2)10-6-5-8(21-10)7-9-11(13(14,15)16)17-20-12(9)19/h5-7H,3-4H2,1-2H3/b9-7-. The van der Waals surface area contributed by atoms with E-state index in [1.165, 1.54) is 17.4 Å². The van der Waals surface area contributed by atoms with Gasteiger partial charge in [0.05, 0.1) is 10.6 Å². The molecule has 0 atom stereocenters. The number of rotatable bonds is 4. The summed E-state index contributed by atoms with van der Waals surface area (Å²) in [6.07, 6.45) is -3.55. The number of thiophene rings is 1. The molecule has 4 nitrogen and oxygen atoms in total. The lowest BCUT2D eigenvalue weighted by atomic mass is 10.1. The SMILES string of the molecule is CCN(CC)c1ccc(/C=C2\C(=O)ON=C2C(F)(F)F)s1. The molecule has 0 amide bonds. The lowest BCUT2D eigenvalue weighted by Gasteiger charge is -2.17. The zero-order valence-electron chi connectivity index (χ0n) is 11.4. The van der Waals surface area contributed by atoms with Crippen LogP contribution >= 0.6 is 11.3 Å². The van der Waals surface area contributed by atoms with Gasteiger partial charge in [-0.2, -0.15) is 13.2 Å². The van der Waals surface area contributed by atoms with Crippen molar-refractivity contribution < 1.29 is 22.8 Å². The maximum atomic E-state index is 12.7. The number of carbonyl (C=O) groups is 1. The minimum Gasteiger partial charge on any atom is -0.364 e. The Morgan fingerprint density at radius 1 is 1.33 bits per heavy atom. The van der Waals surface area contributed by atoms with Gasteiger partial charge in [0.25, 0.3) is 0 Å². The molecule has 1 aromatic rings. The van der Waals surface area contributed by atoms with E-state index in [2.05, 4.69) is 14.9 Å². The molecule has 0 bridgehead atoms. The van der Waals surface area contributed by atoms with Gasteiger partial charge >= 0.3 is 12.1 Å². The number of carbonyl (C=O) groups excluding carboxylic acids is 1. The fourth-order valence-electron chi connectivity index (χ4n) is 1.88. The summed E-state index contributed by atoms with van der Waals surface area (Å²) in [5.74, 6) is -1.08. The van der Waals surface area contributed by atoms with Crippen LogP contribution in [0.25, 0.3) is 6.08 Å². The van der Waals surface area contributed by atoms with Gasteiger partial charge in [-0.15, -0.1) is 11.3 Å². The Labute approximate surface area is 123 Å². The van der Waals surface area contributed by atoms with E-state index in [9.17, 15) is 18.0 Å². The lowest BCUT2D eigenvalue weighted by molar-refractivity contribution is -0.136. The summed E-state index contributed by atoms with van der Waals surface area (Å²) in [5.41, 5.74) is -1.85. The van der Waals surface area contributed by atoms with E-state index >= 15 is 0 Å². The predicted molar refractivity (Wildman–Crippen MR) is 75.4 cm³/mol. The summed E-state index contributed by atoms with van der Waals surface area (Å²) in [6, 6.07) is 3.49. The highest BCUT2D eigenvalue weighted by molar-refractivity contribution is 7.17. The van der Waals surface area contributed by atoms with Gasteiger partial charge < -0.3 is 9.74 Å². The molecule has 114 valence electrons. The lowest BCUT2D eigenvalue weighted by Crippen LogP contribution is -2.24. The molecule has 0 unspecified atom stereocenters. The van der Waals surface area contributed by atoms with Crippen LogP contribution in [0.5, 0.6) is 0 Å². The summed E-state index contributed by atoms with van der Waals surface area (Å²) < 4.78 is 38.2. The Hall–Kier alpha value is -1.83. The third kappa shape index (κ3) is 3.26. The number of halogens is 3. The smallest absolute Gasteiger partial charge is 0.364 e. The van der Waals surface area contributed by atoms with Crippen molar-refractivity contribution in [3.8, 4) is 0 Å². The fraction of sp³-hybridized carbons (Fsp3) is 0.385. The van der Waals surface area contributed by atoms with Crippen molar-refractivity contribution in [2.75, 3.05) is 18.0 Å². The van der Waals surface area contributed by atoms with Gasteiger partial charge in [0.2, 0.25) is 0 Å². The van der Waals surface area contributed by atoms with Crippen molar-refractivity contribution in [2.24, 2.45) is 5.16 Å². The number of alkyl halides is 3. The van der Waals surface area contributed by atoms with Crippen LogP contribution in [0, 0.1) is 0 Å². The first-order chi connectivity index (χ1) is 9.86. The first-order valence-corrected chi connectivity index (χ1v) is 7.11. The molecule has 1 aliphatic heterocycles. The monoisotopic (exact) mass is 318 g/mol. The van der Waals surface area contributed by atoms with Gasteiger partial charge in [-0.25, -0.2) is 4.79 Å². The van der Waals surface area contributed by atoms with Crippen LogP contribution in [0.15, 0.2) is 22.9 Å². The number of hydrogen-bond acceptors (Lipinski definition) is 5. The molecule has 0 radical (unpaired) electrons. The van der Waals surface area contributed by atoms with E-state index < -0.39 is 23.4 Å². The van der Waals surface area contributed by atoms with E-state index in [1.54, 1.807) is 6.07 Å². The molecule has 1 aromatic heterocycles. The molecule has 0 aliphatic carbocycles. The molecule has 0 aromatic carbocycles. The molecule has 0 saturated carbocycles. The summed E-state index contributed by atoms with van der Waals surface area (Å²) in [7, 11) is 0. The second-order valence-electron chi connectivity index (χ2n) is 4.22. The molecule has 2 heterocycles. The molecule has 8 heteroatoms. The Kier molecular flexibility index (Phi) is 4.36. The number of oxime groups is 1. The van der Waals surface area contributed by atoms with Crippen molar-refractivity contribution in [2.45, 2.75) is 20.0 Å². The second-order valence-corrected chi connectivity index (χ2v) is 5.32. The van der Waals surface area contributed by atoms with Crippen molar-refractivity contribution in [3.05, 3.63) is 22.6 Å². The van der Waals surface area contributed by atoms with Crippen LogP contribution in [0.2, 0.25) is 0 Å². The van der Waals surface area contributed by atoms with Gasteiger partial charge in [-0.05, 0) is 32.1 Å². The maximum Gasteiger partial charge on any atom is 0.437 e. The molecule has 2 rings (SSSR count). The Morgan fingerprint density at radius 3 is 2.57 bits per heavy atom. The van der Waals surface area contributed by atoms with Gasteiger partial charge in [-0.3, -0.25) is 0 Å². The van der Waals surface area contributed by atoms with Crippen molar-refractivity contribution in [3.63, 3.8) is 0 Å².